The fourth-order valence-corrected chi connectivity index (χ4v) is 3.78. The molecule has 1 heterocycles. The minimum atomic E-state index is -4.37. The Kier molecular flexibility index (Phi) is 4.42. The van der Waals surface area contributed by atoms with Gasteiger partial charge in [0.1, 0.15) is 21.4 Å². The Morgan fingerprint density at radius 3 is 2.68 bits per heavy atom. The largest absolute Gasteiger partial charge is 0.465 e. The van der Waals surface area contributed by atoms with Crippen LogP contribution in [-0.2, 0) is 14.8 Å². The number of sulfonamides is 1. The fraction of sp³-hybridized carbons (Fsp3) is 0.167. The summed E-state index contributed by atoms with van der Waals surface area (Å²) in [6.07, 6.45) is 0. The van der Waals surface area contributed by atoms with E-state index in [0.717, 1.165) is 17.4 Å². The number of aryl methyl sites for hydroxylation is 1. The van der Waals surface area contributed by atoms with Crippen LogP contribution in [0.1, 0.15) is 15.4 Å². The van der Waals surface area contributed by atoms with E-state index in [2.05, 4.69) is 9.72 Å². The molecule has 0 amide bonds. The van der Waals surface area contributed by atoms with E-state index in [1.54, 1.807) is 0 Å². The molecule has 22 heavy (non-hydrogen) atoms. The van der Waals surface area contributed by atoms with E-state index in [1.165, 1.54) is 14.0 Å². The zero-order valence-electron chi connectivity index (χ0n) is 11.4. The summed E-state index contributed by atoms with van der Waals surface area (Å²) in [5.41, 5.74) is 0.259. The van der Waals surface area contributed by atoms with Gasteiger partial charge in [-0.2, -0.15) is 0 Å². The monoisotopic (exact) mass is 348 g/mol. The van der Waals surface area contributed by atoms with Crippen LogP contribution in [0.25, 0.3) is 0 Å². The van der Waals surface area contributed by atoms with Crippen molar-refractivity contribution < 1.29 is 26.7 Å². The maximum absolute atomic E-state index is 13.6. The quantitative estimate of drug-likeness (QED) is 0.857. The summed E-state index contributed by atoms with van der Waals surface area (Å²) < 4.78 is 57.3. The number of esters is 1. The predicted molar refractivity (Wildman–Crippen MR) is 75.4 cm³/mol. The lowest BCUT2D eigenvalue weighted by Crippen LogP contribution is -2.14. The number of methoxy groups -OCH3 is 1. The van der Waals surface area contributed by atoms with Crippen molar-refractivity contribution in [2.75, 3.05) is 11.8 Å². The maximum Gasteiger partial charge on any atom is 0.350 e. The minimum absolute atomic E-state index is 0.111. The smallest absolute Gasteiger partial charge is 0.350 e. The molecule has 0 radical (unpaired) electrons. The second kappa shape index (κ2) is 5.97. The Bertz CT molecular complexity index is 834. The SMILES string of the molecule is COC(=O)c1sc(NS(=O)(=O)c2cc(F)ccc2F)nc1C. The van der Waals surface area contributed by atoms with Crippen molar-refractivity contribution in [3.63, 3.8) is 0 Å². The van der Waals surface area contributed by atoms with Crippen molar-refractivity contribution in [2.45, 2.75) is 11.8 Å². The molecule has 0 aliphatic carbocycles. The normalized spacial score (nSPS) is 11.3. The van der Waals surface area contributed by atoms with Crippen LogP contribution in [0.15, 0.2) is 23.1 Å². The summed E-state index contributed by atoms with van der Waals surface area (Å²) in [5, 5.41) is -0.151. The zero-order valence-corrected chi connectivity index (χ0v) is 13.0. The molecular formula is C12H10F2N2O4S2. The van der Waals surface area contributed by atoms with E-state index in [0.29, 0.717) is 12.1 Å². The molecule has 2 aromatic rings. The second-order valence-corrected chi connectivity index (χ2v) is 6.76. The van der Waals surface area contributed by atoms with Crippen LogP contribution >= 0.6 is 11.3 Å². The molecule has 1 aromatic heterocycles. The molecule has 6 nitrogen and oxygen atoms in total. The topological polar surface area (TPSA) is 85.4 Å². The van der Waals surface area contributed by atoms with Crippen LogP contribution in [0.3, 0.4) is 0 Å². The van der Waals surface area contributed by atoms with E-state index < -0.39 is 32.5 Å². The van der Waals surface area contributed by atoms with E-state index in [9.17, 15) is 22.0 Å². The molecule has 0 saturated carbocycles. The Labute approximate surface area is 128 Å². The van der Waals surface area contributed by atoms with Gasteiger partial charge >= 0.3 is 5.97 Å². The highest BCUT2D eigenvalue weighted by molar-refractivity contribution is 7.93. The molecular weight excluding hydrogens is 338 g/mol. The summed E-state index contributed by atoms with van der Waals surface area (Å²) in [5.74, 6) is -2.67. The lowest BCUT2D eigenvalue weighted by Gasteiger charge is -2.06. The number of hydrogen-bond donors (Lipinski definition) is 1. The van der Waals surface area contributed by atoms with Crippen molar-refractivity contribution >= 4 is 32.5 Å². The molecule has 0 fully saturated rings. The van der Waals surface area contributed by atoms with E-state index in [4.69, 9.17) is 0 Å². The Morgan fingerprint density at radius 2 is 2.05 bits per heavy atom. The summed E-state index contributed by atoms with van der Waals surface area (Å²) in [4.78, 5) is 14.6. The number of nitrogens with one attached hydrogen (secondary N) is 1. The molecule has 1 aromatic carbocycles. The first-order chi connectivity index (χ1) is 10.2. The summed E-state index contributed by atoms with van der Waals surface area (Å²) in [7, 11) is -3.20. The number of anilines is 1. The highest BCUT2D eigenvalue weighted by Gasteiger charge is 2.23. The third kappa shape index (κ3) is 3.22. The van der Waals surface area contributed by atoms with E-state index in [1.807, 2.05) is 4.72 Å². The number of nitrogens with zero attached hydrogens (tertiary/aromatic N) is 1. The highest BCUT2D eigenvalue weighted by atomic mass is 32.2. The van der Waals surface area contributed by atoms with Gasteiger partial charge in [-0.3, -0.25) is 4.72 Å². The molecule has 10 heteroatoms. The summed E-state index contributed by atoms with van der Waals surface area (Å²) in [6, 6.07) is 2.06. The Hall–Kier alpha value is -2.07. The van der Waals surface area contributed by atoms with Gasteiger partial charge in [-0.05, 0) is 25.1 Å². The maximum atomic E-state index is 13.6. The van der Waals surface area contributed by atoms with Gasteiger partial charge in [0, 0.05) is 0 Å². The van der Waals surface area contributed by atoms with Crippen molar-refractivity contribution in [3.8, 4) is 0 Å². The first-order valence-corrected chi connectivity index (χ1v) is 8.08. The minimum Gasteiger partial charge on any atom is -0.465 e. The number of rotatable bonds is 4. The van der Waals surface area contributed by atoms with Gasteiger partial charge in [-0.25, -0.2) is 27.0 Å². The van der Waals surface area contributed by atoms with Crippen molar-refractivity contribution in [1.82, 2.24) is 4.98 Å². The molecule has 0 saturated heterocycles. The summed E-state index contributed by atoms with van der Waals surface area (Å²) in [6.45, 7) is 1.49. The number of ether oxygens (including phenoxy) is 1. The standard InChI is InChI=1S/C12H10F2N2O4S2/c1-6-10(11(17)20-2)21-12(15-6)16-22(18,19)9-5-7(13)3-4-8(9)14/h3-5H,1-2H3,(H,15,16). The van der Waals surface area contributed by atoms with Crippen LogP contribution in [0.4, 0.5) is 13.9 Å². The average Bonchev–Trinajstić information content (AvgIpc) is 2.80. The van der Waals surface area contributed by atoms with Crippen LogP contribution in [-0.4, -0.2) is 26.5 Å². The van der Waals surface area contributed by atoms with E-state index >= 15 is 0 Å². The van der Waals surface area contributed by atoms with Gasteiger partial charge in [-0.15, -0.1) is 0 Å². The third-order valence-corrected chi connectivity index (χ3v) is 5.11. The van der Waals surface area contributed by atoms with Gasteiger partial charge < -0.3 is 4.74 Å². The highest BCUT2D eigenvalue weighted by Crippen LogP contribution is 2.26. The zero-order chi connectivity index (χ0) is 16.5. The van der Waals surface area contributed by atoms with Crippen molar-refractivity contribution in [1.29, 1.82) is 0 Å². The van der Waals surface area contributed by atoms with Crippen LogP contribution in [0.2, 0.25) is 0 Å². The van der Waals surface area contributed by atoms with Crippen LogP contribution < -0.4 is 4.72 Å². The number of carbonyl (C=O) groups excluding carboxylic acids is 1. The first-order valence-electron chi connectivity index (χ1n) is 5.78. The van der Waals surface area contributed by atoms with Gasteiger partial charge in [-0.1, -0.05) is 11.3 Å². The van der Waals surface area contributed by atoms with Crippen LogP contribution in [0.5, 0.6) is 0 Å². The molecule has 118 valence electrons. The van der Waals surface area contributed by atoms with Gasteiger partial charge in [0.25, 0.3) is 10.0 Å². The Morgan fingerprint density at radius 1 is 1.36 bits per heavy atom. The number of aromatic nitrogens is 1. The Balaban J connectivity index is 2.37. The fourth-order valence-electron chi connectivity index (χ4n) is 1.58. The molecule has 0 aliphatic heterocycles. The predicted octanol–water partition coefficient (Wildman–Crippen LogP) is 2.32. The first kappa shape index (κ1) is 16.3. The average molecular weight is 348 g/mol. The van der Waals surface area contributed by atoms with Crippen molar-refractivity contribution in [2.24, 2.45) is 0 Å². The van der Waals surface area contributed by atoms with Gasteiger partial charge in [0.05, 0.1) is 12.8 Å². The summed E-state index contributed by atoms with van der Waals surface area (Å²) >= 11 is 0.732. The van der Waals surface area contributed by atoms with Gasteiger partial charge in [0.2, 0.25) is 0 Å². The number of carbonyl (C=O) groups is 1. The lowest BCUT2D eigenvalue weighted by atomic mass is 10.3. The van der Waals surface area contributed by atoms with Crippen LogP contribution in [0, 0.1) is 18.6 Å². The second-order valence-electron chi connectivity index (χ2n) is 4.11. The molecule has 2 rings (SSSR count). The molecule has 0 atom stereocenters. The molecule has 0 aliphatic rings. The van der Waals surface area contributed by atoms with Crippen molar-refractivity contribution in [3.05, 3.63) is 40.4 Å². The number of halogens is 2. The molecule has 0 unspecified atom stereocenters. The number of benzene rings is 1. The molecule has 0 bridgehead atoms. The van der Waals surface area contributed by atoms with Gasteiger partial charge in [0.15, 0.2) is 5.13 Å². The molecule has 0 spiro atoms. The lowest BCUT2D eigenvalue weighted by molar-refractivity contribution is 0.0605. The third-order valence-electron chi connectivity index (χ3n) is 2.57. The van der Waals surface area contributed by atoms with E-state index in [-0.39, 0.29) is 15.7 Å². The number of hydrogen-bond acceptors (Lipinski definition) is 6. The molecule has 1 N–H and O–H groups in total. The number of thiazole rings is 1.